The Morgan fingerprint density at radius 1 is 0.683 bits per heavy atom. The highest BCUT2D eigenvalue weighted by Crippen LogP contribution is 2.39. The number of piperidine rings is 2. The molecule has 1 saturated carbocycles. The van der Waals surface area contributed by atoms with Crippen LogP contribution in [0.5, 0.6) is 0 Å². The van der Waals surface area contributed by atoms with E-state index in [1.54, 1.807) is 34.1 Å². The number of cyclic esters (lactones) is 1. The van der Waals surface area contributed by atoms with Crippen LogP contribution >= 0.6 is 0 Å². The molecular weight excluding hydrogens is 1640 g/mol. The van der Waals surface area contributed by atoms with Gasteiger partial charge in [0.1, 0.15) is 59.7 Å². The monoisotopic (exact) mass is 1770 g/mol. The zero-order valence-corrected chi connectivity index (χ0v) is 74.7. The molecule has 9 rings (SSSR count). The average molecular weight is 1770 g/mol. The van der Waals surface area contributed by atoms with Crippen LogP contribution in [-0.2, 0) is 99.8 Å². The third-order valence-corrected chi connectivity index (χ3v) is 23.9. The number of nitrogens with zero attached hydrogens (tertiary/aromatic N) is 7. The minimum atomic E-state index is -2.51. The molecule has 1 aliphatic carbocycles. The number of fused-ring (bicyclic) bond motifs is 5. The Morgan fingerprint density at radius 2 is 1.30 bits per heavy atom. The summed E-state index contributed by atoms with van der Waals surface area (Å²) in [5.41, 5.74) is 17.3. The number of Topliss-reactive ketones (excluding diaryl/α,β-unsaturated/α-hetero) is 3. The van der Waals surface area contributed by atoms with Crippen LogP contribution in [0.15, 0.2) is 78.5 Å². The minimum Gasteiger partial charge on any atom is -0.459 e. The van der Waals surface area contributed by atoms with Gasteiger partial charge in [0.05, 0.1) is 168 Å². The number of aliphatic hydroxyl groups is 3. The quantitative estimate of drug-likeness (QED) is 0.0106. The van der Waals surface area contributed by atoms with Crippen LogP contribution in [-0.4, -0.2) is 329 Å². The fraction of sp³-hybridized carbons (Fsp3) is 0.700. The number of aromatic amines is 1. The van der Waals surface area contributed by atoms with E-state index in [0.29, 0.717) is 206 Å². The van der Waals surface area contributed by atoms with Gasteiger partial charge in [0.2, 0.25) is 11.7 Å². The Hall–Kier alpha value is -7.99. The number of methoxy groups -OCH3 is 2. The summed E-state index contributed by atoms with van der Waals surface area (Å²) in [4.78, 5) is 117. The third kappa shape index (κ3) is 31.4. The van der Waals surface area contributed by atoms with Gasteiger partial charge in [-0.05, 0) is 126 Å². The second-order valence-electron chi connectivity index (χ2n) is 33.2. The molecule has 9 N–H and O–H groups in total. The first kappa shape index (κ1) is 102. The van der Waals surface area contributed by atoms with E-state index in [1.807, 2.05) is 72.1 Å². The number of nitrogens with two attached hydrogens (primary N) is 2. The number of rotatable bonds is 41. The van der Waals surface area contributed by atoms with Crippen LogP contribution in [0.2, 0.25) is 0 Å². The number of carbonyl (C=O) groups excluding carboxylic acids is 7. The van der Waals surface area contributed by atoms with Crippen molar-refractivity contribution in [3.05, 3.63) is 78.5 Å². The molecule has 5 aliphatic rings. The lowest BCUT2D eigenvalue weighted by Crippen LogP contribution is -2.61. The van der Waals surface area contributed by atoms with Crippen molar-refractivity contribution in [2.45, 2.75) is 204 Å². The molecular formula is C90H137N11O25. The summed E-state index contributed by atoms with van der Waals surface area (Å²) in [5.74, 6) is -8.89. The normalized spacial score (nSPS) is 26.8. The molecule has 36 nitrogen and oxygen atoms in total. The van der Waals surface area contributed by atoms with Gasteiger partial charge in [-0.3, -0.25) is 24.0 Å². The number of hydrogen-bond donors (Lipinski definition) is 7. The standard InChI is InChI=1S/C90H137N11O25/c1-59-14-10-9-11-15-60(2)74(112-7)55-69-19-17-64(6)90(111,126-69)83(107)87(108)100-27-13-12-16-71(100)88(109)124-75(56-72(102)61(3)51-63(5)81(105)82(106)80(104)62(4)50-59)70(91)52-65-18-20-73(76(53-65)113-8)125-89(110)94-26-31-115-33-35-117-37-39-119-41-43-121-45-47-123-49-48-122-46-44-120-42-40-118-38-36-116-34-32-114-30-24-77(103)99-28-22-68(23-29-99)101-86-78(84(92)96-58-97-86)79(98-101)67-54-66-21-25-93-85(66)95-57-67/h9-11,14-15,21,25,51,54,57-59,61-62,64-65,68-71,73-76,81-82,105-106,111H,12-13,16-20,22-24,26-50,52-53,55-56,91H2,1-8H3,(H,93,95)(H,94,110)(H2,92,96,97)/b11-9?,14-10+,60-15?,63-51+/t59-,61-,62-,64-,65+,69+,70-,71+,73-,74+,75+,76-,81-,82+,90-/m1/s1. The Labute approximate surface area is 738 Å². The van der Waals surface area contributed by atoms with Crippen LogP contribution in [0.1, 0.15) is 144 Å². The summed E-state index contributed by atoms with van der Waals surface area (Å²) in [5, 5.41) is 43.9. The van der Waals surface area contributed by atoms with Crippen molar-refractivity contribution in [1.29, 1.82) is 0 Å². The predicted octanol–water partition coefficient (Wildman–Crippen LogP) is 6.64. The number of anilines is 1. The van der Waals surface area contributed by atoms with Crippen molar-refractivity contribution < 1.29 is 120 Å². The fourth-order valence-corrected chi connectivity index (χ4v) is 16.5. The van der Waals surface area contributed by atoms with Gasteiger partial charge in [-0.25, -0.2) is 29.2 Å². The first-order valence-electron chi connectivity index (χ1n) is 44.7. The molecule has 702 valence electrons. The van der Waals surface area contributed by atoms with Crippen molar-refractivity contribution in [3.8, 4) is 11.3 Å². The number of H-pyrrole nitrogens is 1. The summed E-state index contributed by atoms with van der Waals surface area (Å²) in [6.07, 6.45) is 13.6. The smallest absolute Gasteiger partial charge is 0.407 e. The fourth-order valence-electron chi connectivity index (χ4n) is 16.5. The van der Waals surface area contributed by atoms with E-state index in [-0.39, 0.29) is 81.3 Å². The van der Waals surface area contributed by atoms with Crippen molar-refractivity contribution in [2.75, 3.05) is 178 Å². The number of alkyl carbamates (subject to hydrolysis) is 1. The zero-order chi connectivity index (χ0) is 90.3. The molecule has 4 fully saturated rings. The maximum atomic E-state index is 14.6. The average Bonchev–Trinajstić information content (AvgIpc) is 1.78. The zero-order valence-electron chi connectivity index (χ0n) is 74.7. The topological polar surface area (TPSA) is 461 Å². The molecule has 4 aromatic rings. The van der Waals surface area contributed by atoms with Gasteiger partial charge in [-0.2, -0.15) is 5.10 Å². The summed E-state index contributed by atoms with van der Waals surface area (Å²) in [6.45, 7) is 19.1. The number of esters is 1. The van der Waals surface area contributed by atoms with Gasteiger partial charge in [0.25, 0.3) is 11.7 Å². The second kappa shape index (κ2) is 53.8. The van der Waals surface area contributed by atoms with Gasteiger partial charge < -0.3 is 118 Å². The first-order valence-corrected chi connectivity index (χ1v) is 44.7. The van der Waals surface area contributed by atoms with Crippen LogP contribution in [0.4, 0.5) is 10.6 Å². The summed E-state index contributed by atoms with van der Waals surface area (Å²) in [6, 6.07) is 1.77. The number of hydrogen-bond acceptors (Lipinski definition) is 31. The predicted molar refractivity (Wildman–Crippen MR) is 464 cm³/mol. The maximum absolute atomic E-state index is 14.6. The first-order chi connectivity index (χ1) is 60.9. The molecule has 36 heteroatoms. The van der Waals surface area contributed by atoms with E-state index in [2.05, 4.69) is 25.3 Å². The molecule has 4 aliphatic heterocycles. The van der Waals surface area contributed by atoms with Crippen molar-refractivity contribution in [1.82, 2.24) is 44.8 Å². The number of pyridine rings is 1. The summed E-state index contributed by atoms with van der Waals surface area (Å²) in [7, 11) is 3.06. The van der Waals surface area contributed by atoms with E-state index >= 15 is 0 Å². The molecule has 3 amide bonds. The lowest BCUT2D eigenvalue weighted by Gasteiger charge is -2.42. The number of likely N-dealkylation sites (tertiary alicyclic amines) is 1. The Balaban J connectivity index is 0.568. The molecule has 0 radical (unpaired) electrons. The number of aliphatic hydroxyl groups excluding tert-OH is 2. The number of ketones is 3. The highest BCUT2D eigenvalue weighted by atomic mass is 16.6. The maximum Gasteiger partial charge on any atom is 0.407 e. The van der Waals surface area contributed by atoms with Crippen molar-refractivity contribution in [3.63, 3.8) is 0 Å². The highest BCUT2D eigenvalue weighted by Gasteiger charge is 2.53. The van der Waals surface area contributed by atoms with Crippen molar-refractivity contribution in [2.24, 2.45) is 35.3 Å². The number of nitrogens with one attached hydrogen (secondary N) is 2. The molecule has 0 aromatic carbocycles. The summed E-state index contributed by atoms with van der Waals surface area (Å²) < 4.78 is 88.0. The highest BCUT2D eigenvalue weighted by molar-refractivity contribution is 6.39. The van der Waals surface area contributed by atoms with E-state index in [9.17, 15) is 48.9 Å². The third-order valence-electron chi connectivity index (χ3n) is 23.9. The molecule has 0 unspecified atom stereocenters. The van der Waals surface area contributed by atoms with E-state index in [0.717, 1.165) is 39.9 Å². The molecule has 15 atom stereocenters. The van der Waals surface area contributed by atoms with Gasteiger partial charge in [0.15, 0.2) is 11.4 Å². The van der Waals surface area contributed by atoms with Crippen LogP contribution < -0.4 is 16.8 Å². The van der Waals surface area contributed by atoms with Gasteiger partial charge >= 0.3 is 12.1 Å². The largest absolute Gasteiger partial charge is 0.459 e. The number of amides is 3. The van der Waals surface area contributed by atoms with Crippen LogP contribution in [0.3, 0.4) is 0 Å². The molecule has 3 saturated heterocycles. The van der Waals surface area contributed by atoms with E-state index < -0.39 is 120 Å². The Bertz CT molecular complexity index is 4150. The molecule has 4 aromatic heterocycles. The van der Waals surface area contributed by atoms with Gasteiger partial charge in [0, 0.05) is 100 Å². The molecule has 126 heavy (non-hydrogen) atoms. The van der Waals surface area contributed by atoms with Gasteiger partial charge in [-0.1, -0.05) is 64.2 Å². The number of allylic oxidation sites excluding steroid dienone is 6. The van der Waals surface area contributed by atoms with Crippen LogP contribution in [0.25, 0.3) is 33.3 Å². The summed E-state index contributed by atoms with van der Waals surface area (Å²) >= 11 is 0. The van der Waals surface area contributed by atoms with E-state index in [4.69, 9.17) is 87.6 Å². The van der Waals surface area contributed by atoms with E-state index in [1.165, 1.54) is 26.4 Å². The molecule has 8 heterocycles. The second-order valence-corrected chi connectivity index (χ2v) is 33.2. The minimum absolute atomic E-state index is 0.00144. The SMILES string of the molecule is CO[C@H]1C[C@@H]2CC[C@@H](C)[C@@](O)(O2)C(=O)C(=O)N2CCCC[C@H]2C(=O)O[C@H]([C@H](N)C[C@@H]2CC[C@@H](OC(=O)NCCOCCOCCOCCOCCOCCOCCOCCOCCOCCOCCC(=O)N3CCC(n4nc(-c5cnc6[nH]ccc6c5)c5c(N)ncnc54)CC3)[C@H](OC)C2)CC(=O)[C@H](C)/C=C(\C)[C@@H](O)[C@@H](O)C(=O)[C@H](C)C[C@H](C)/C=C/C=CC=C1C. The lowest BCUT2D eigenvalue weighted by molar-refractivity contribution is -0.265. The van der Waals surface area contributed by atoms with Gasteiger partial charge in [-0.15, -0.1) is 0 Å². The number of aromatic nitrogens is 6. The number of ether oxygens (including phenoxy) is 15. The Kier molecular flexibility index (Phi) is 43.5. The number of carbonyl (C=O) groups is 7. The molecule has 2 bridgehead atoms. The lowest BCUT2D eigenvalue weighted by atomic mass is 9.80. The Morgan fingerprint density at radius 3 is 1.92 bits per heavy atom. The number of nitrogen functional groups attached to an aromatic ring is 1. The van der Waals surface area contributed by atoms with Crippen LogP contribution in [0, 0.1) is 29.6 Å². The molecule has 0 spiro atoms. The van der Waals surface area contributed by atoms with Crippen molar-refractivity contribution >= 4 is 69.1 Å².